The summed E-state index contributed by atoms with van der Waals surface area (Å²) in [6.45, 7) is -0.417. The van der Waals surface area contributed by atoms with Crippen molar-refractivity contribution in [3.8, 4) is 11.5 Å². The van der Waals surface area contributed by atoms with E-state index in [1.54, 1.807) is 30.3 Å². The third-order valence-corrected chi connectivity index (χ3v) is 5.68. The normalized spacial score (nSPS) is 11.5. The predicted octanol–water partition coefficient (Wildman–Crippen LogP) is 2.77. The fourth-order valence-corrected chi connectivity index (χ4v) is 3.96. The van der Waals surface area contributed by atoms with Crippen LogP contribution < -0.4 is 19.2 Å². The quantitative estimate of drug-likeness (QED) is 0.428. The van der Waals surface area contributed by atoms with E-state index >= 15 is 0 Å². The second kappa shape index (κ2) is 9.48. The highest BCUT2D eigenvalue weighted by atomic mass is 32.2. The molecule has 0 aliphatic carbocycles. The summed E-state index contributed by atoms with van der Waals surface area (Å²) in [5, 5.41) is 5.54. The Balaban J connectivity index is 1.81. The number of nitrogens with one attached hydrogen (secondary N) is 1. The van der Waals surface area contributed by atoms with E-state index in [1.807, 2.05) is 30.3 Å². The maximum atomic E-state index is 12.5. The minimum absolute atomic E-state index is 0.417. The molecule has 31 heavy (non-hydrogen) atoms. The zero-order chi connectivity index (χ0) is 22.4. The van der Waals surface area contributed by atoms with E-state index in [0.29, 0.717) is 22.7 Å². The SMILES string of the molecule is COc1ccc(OC)c(/C=N\NC(=O)CN(c2cccc3ccccc23)S(C)(=O)=O)c1. The van der Waals surface area contributed by atoms with Crippen LogP contribution in [0.3, 0.4) is 0 Å². The maximum Gasteiger partial charge on any atom is 0.260 e. The van der Waals surface area contributed by atoms with Crippen molar-refractivity contribution >= 4 is 38.6 Å². The highest BCUT2D eigenvalue weighted by Gasteiger charge is 2.22. The number of ether oxygens (including phenoxy) is 2. The van der Waals surface area contributed by atoms with Gasteiger partial charge in [0.05, 0.1) is 32.4 Å². The number of hydrogen-bond donors (Lipinski definition) is 1. The summed E-state index contributed by atoms with van der Waals surface area (Å²) in [6.07, 6.45) is 2.47. The van der Waals surface area contributed by atoms with Gasteiger partial charge in [0.2, 0.25) is 10.0 Å². The van der Waals surface area contributed by atoms with Crippen molar-refractivity contribution < 1.29 is 22.7 Å². The molecular formula is C22H23N3O5S. The molecule has 1 N–H and O–H groups in total. The lowest BCUT2D eigenvalue weighted by molar-refractivity contribution is -0.119. The maximum absolute atomic E-state index is 12.5. The summed E-state index contributed by atoms with van der Waals surface area (Å²) in [6, 6.07) is 17.8. The minimum atomic E-state index is -3.72. The summed E-state index contributed by atoms with van der Waals surface area (Å²) < 4.78 is 36.4. The van der Waals surface area contributed by atoms with E-state index in [9.17, 15) is 13.2 Å². The Bertz CT molecular complexity index is 1220. The second-order valence-corrected chi connectivity index (χ2v) is 8.58. The molecule has 0 aliphatic rings. The number of anilines is 1. The molecule has 0 aliphatic heterocycles. The van der Waals surface area contributed by atoms with E-state index in [2.05, 4.69) is 10.5 Å². The summed E-state index contributed by atoms with van der Waals surface area (Å²) in [7, 11) is -0.658. The highest BCUT2D eigenvalue weighted by Crippen LogP contribution is 2.28. The molecule has 1 amide bonds. The first-order valence-corrected chi connectivity index (χ1v) is 11.2. The molecule has 0 spiro atoms. The van der Waals surface area contributed by atoms with E-state index in [4.69, 9.17) is 9.47 Å². The lowest BCUT2D eigenvalue weighted by atomic mass is 10.1. The average Bonchev–Trinajstić information content (AvgIpc) is 2.76. The molecule has 162 valence electrons. The number of carbonyl (C=O) groups is 1. The van der Waals surface area contributed by atoms with Gasteiger partial charge in [0.1, 0.15) is 18.0 Å². The largest absolute Gasteiger partial charge is 0.497 e. The lowest BCUT2D eigenvalue weighted by Crippen LogP contribution is -2.39. The fraction of sp³-hybridized carbons (Fsp3) is 0.182. The molecule has 3 rings (SSSR count). The van der Waals surface area contributed by atoms with Gasteiger partial charge in [-0.25, -0.2) is 13.8 Å². The van der Waals surface area contributed by atoms with Crippen LogP contribution in [0.1, 0.15) is 5.56 Å². The van der Waals surface area contributed by atoms with Crippen LogP contribution in [0.4, 0.5) is 5.69 Å². The Hall–Kier alpha value is -3.59. The van der Waals surface area contributed by atoms with E-state index in [-0.39, 0.29) is 0 Å². The number of benzene rings is 3. The van der Waals surface area contributed by atoms with Gasteiger partial charge in [0.25, 0.3) is 5.91 Å². The smallest absolute Gasteiger partial charge is 0.260 e. The third kappa shape index (κ3) is 5.32. The summed E-state index contributed by atoms with van der Waals surface area (Å²) in [4.78, 5) is 12.5. The van der Waals surface area contributed by atoms with Crippen LogP contribution >= 0.6 is 0 Å². The van der Waals surface area contributed by atoms with Crippen molar-refractivity contribution in [3.05, 3.63) is 66.2 Å². The van der Waals surface area contributed by atoms with Crippen LogP contribution in [-0.2, 0) is 14.8 Å². The van der Waals surface area contributed by atoms with Crippen molar-refractivity contribution in [2.45, 2.75) is 0 Å². The van der Waals surface area contributed by atoms with Crippen LogP contribution in [0.25, 0.3) is 10.8 Å². The van der Waals surface area contributed by atoms with Gasteiger partial charge < -0.3 is 9.47 Å². The van der Waals surface area contributed by atoms with Crippen molar-refractivity contribution in [2.24, 2.45) is 5.10 Å². The number of hydrazone groups is 1. The number of amides is 1. The van der Waals surface area contributed by atoms with Gasteiger partial charge in [-0.3, -0.25) is 9.10 Å². The molecule has 0 fully saturated rings. The molecule has 0 saturated carbocycles. The number of rotatable bonds is 8. The number of methoxy groups -OCH3 is 2. The van der Waals surface area contributed by atoms with Crippen molar-refractivity contribution in [1.82, 2.24) is 5.43 Å². The Morgan fingerprint density at radius 3 is 2.52 bits per heavy atom. The predicted molar refractivity (Wildman–Crippen MR) is 121 cm³/mol. The van der Waals surface area contributed by atoms with Crippen molar-refractivity contribution in [3.63, 3.8) is 0 Å². The number of fused-ring (bicyclic) bond motifs is 1. The van der Waals surface area contributed by atoms with E-state index in [0.717, 1.165) is 21.3 Å². The van der Waals surface area contributed by atoms with Gasteiger partial charge in [-0.15, -0.1) is 0 Å². The first-order chi connectivity index (χ1) is 14.8. The zero-order valence-electron chi connectivity index (χ0n) is 17.4. The van der Waals surface area contributed by atoms with Crippen LogP contribution in [0, 0.1) is 0 Å². The highest BCUT2D eigenvalue weighted by molar-refractivity contribution is 7.92. The van der Waals surface area contributed by atoms with Gasteiger partial charge >= 0.3 is 0 Å². The molecule has 0 bridgehead atoms. The summed E-state index contributed by atoms with van der Waals surface area (Å²) in [5.74, 6) is 0.566. The van der Waals surface area contributed by atoms with Crippen LogP contribution in [0.15, 0.2) is 65.8 Å². The molecule has 9 heteroatoms. The summed E-state index contributed by atoms with van der Waals surface area (Å²) in [5.41, 5.74) is 3.39. The molecule has 0 atom stereocenters. The molecular weight excluding hydrogens is 418 g/mol. The molecule has 0 radical (unpaired) electrons. The first-order valence-electron chi connectivity index (χ1n) is 9.33. The molecule has 0 heterocycles. The third-order valence-electron chi connectivity index (χ3n) is 4.55. The molecule has 0 saturated heterocycles. The van der Waals surface area contributed by atoms with Gasteiger partial charge in [-0.2, -0.15) is 5.10 Å². The standard InChI is InChI=1S/C22H23N3O5S/c1-29-18-11-12-21(30-2)17(13-18)14-23-24-22(26)15-25(31(3,27)28)20-10-6-8-16-7-4-5-9-19(16)20/h4-14H,15H2,1-3H3,(H,24,26)/b23-14-. The Morgan fingerprint density at radius 2 is 1.81 bits per heavy atom. The molecule has 0 unspecified atom stereocenters. The Labute approximate surface area is 181 Å². The number of hydrogen-bond acceptors (Lipinski definition) is 6. The van der Waals surface area contributed by atoms with E-state index in [1.165, 1.54) is 20.4 Å². The van der Waals surface area contributed by atoms with Crippen molar-refractivity contribution in [2.75, 3.05) is 31.3 Å². The zero-order valence-corrected chi connectivity index (χ0v) is 18.2. The topological polar surface area (TPSA) is 97.3 Å². The molecule has 0 aromatic heterocycles. The van der Waals surface area contributed by atoms with E-state index < -0.39 is 22.5 Å². The second-order valence-electron chi connectivity index (χ2n) is 6.67. The number of nitrogens with zero attached hydrogens (tertiary/aromatic N) is 2. The number of sulfonamides is 1. The van der Waals surface area contributed by atoms with Gasteiger partial charge in [0, 0.05) is 10.9 Å². The molecule has 3 aromatic carbocycles. The Kier molecular flexibility index (Phi) is 6.76. The minimum Gasteiger partial charge on any atom is -0.497 e. The monoisotopic (exact) mass is 441 g/mol. The Morgan fingerprint density at radius 1 is 1.06 bits per heavy atom. The molecule has 8 nitrogen and oxygen atoms in total. The van der Waals surface area contributed by atoms with Gasteiger partial charge in [-0.1, -0.05) is 36.4 Å². The van der Waals surface area contributed by atoms with Gasteiger partial charge in [-0.05, 0) is 29.7 Å². The average molecular weight is 442 g/mol. The molecule has 3 aromatic rings. The van der Waals surface area contributed by atoms with Gasteiger partial charge in [0.15, 0.2) is 0 Å². The van der Waals surface area contributed by atoms with Crippen LogP contribution in [0.2, 0.25) is 0 Å². The fourth-order valence-electron chi connectivity index (χ4n) is 3.09. The summed E-state index contributed by atoms with van der Waals surface area (Å²) >= 11 is 0. The van der Waals surface area contributed by atoms with Crippen LogP contribution in [0.5, 0.6) is 11.5 Å². The number of carbonyl (C=O) groups excluding carboxylic acids is 1. The first kappa shape index (κ1) is 22.1. The lowest BCUT2D eigenvalue weighted by Gasteiger charge is -2.23. The van der Waals surface area contributed by atoms with Crippen molar-refractivity contribution in [1.29, 1.82) is 0 Å². The van der Waals surface area contributed by atoms with Crippen LogP contribution in [-0.4, -0.2) is 47.6 Å².